The largest absolute Gasteiger partial charge is 0.390 e. The van der Waals surface area contributed by atoms with Gasteiger partial charge in [0.15, 0.2) is 0 Å². The maximum absolute atomic E-state index is 11.9. The summed E-state index contributed by atoms with van der Waals surface area (Å²) in [5, 5.41) is 14.5. The monoisotopic (exact) mass is 243 g/mol. The zero-order valence-electron chi connectivity index (χ0n) is 10.9. The molecule has 18 heavy (non-hydrogen) atoms. The Hall–Kier alpha value is -2.28. The first-order valence-electron chi connectivity index (χ1n) is 5.81. The van der Waals surface area contributed by atoms with Crippen LogP contribution >= 0.6 is 0 Å². The van der Waals surface area contributed by atoms with E-state index in [9.17, 15) is 4.79 Å². The number of carbonyl (C=O) groups excluding carboxylic acids is 1. The van der Waals surface area contributed by atoms with Crippen molar-refractivity contribution in [2.75, 3.05) is 11.9 Å². The van der Waals surface area contributed by atoms with Gasteiger partial charge in [0.05, 0.1) is 0 Å². The van der Waals surface area contributed by atoms with Crippen molar-refractivity contribution >= 4 is 11.6 Å². The molecule has 0 fully saturated rings. The molecule has 1 aromatic rings. The number of hydrogen-bond acceptors (Lipinski definition) is 3. The first-order valence-corrected chi connectivity index (χ1v) is 5.81. The SMILES string of the molecule is CCN/C=C(/C#N)C(=O)Nc1cccc(C)c1C. The maximum Gasteiger partial charge on any atom is 0.267 e. The fraction of sp³-hybridized carbons (Fsp3) is 0.286. The number of benzene rings is 1. The van der Waals surface area contributed by atoms with Crippen molar-refractivity contribution < 1.29 is 4.79 Å². The Bertz CT molecular complexity index is 512. The third-order valence-electron chi connectivity index (χ3n) is 2.67. The van der Waals surface area contributed by atoms with E-state index in [2.05, 4.69) is 10.6 Å². The van der Waals surface area contributed by atoms with Crippen LogP contribution in [0.25, 0.3) is 0 Å². The van der Waals surface area contributed by atoms with E-state index in [1.807, 2.05) is 45.0 Å². The molecule has 0 aliphatic heterocycles. The van der Waals surface area contributed by atoms with Gasteiger partial charge < -0.3 is 10.6 Å². The summed E-state index contributed by atoms with van der Waals surface area (Å²) in [6.45, 7) is 6.48. The van der Waals surface area contributed by atoms with Crippen molar-refractivity contribution in [1.82, 2.24) is 5.32 Å². The van der Waals surface area contributed by atoms with Gasteiger partial charge in [-0.25, -0.2) is 0 Å². The predicted octanol–water partition coefficient (Wildman–Crippen LogP) is 2.26. The lowest BCUT2D eigenvalue weighted by Gasteiger charge is -2.09. The highest BCUT2D eigenvalue weighted by molar-refractivity contribution is 6.06. The zero-order chi connectivity index (χ0) is 13.5. The molecule has 1 aromatic carbocycles. The number of nitriles is 1. The number of nitrogens with zero attached hydrogens (tertiary/aromatic N) is 1. The van der Waals surface area contributed by atoms with Gasteiger partial charge in [-0.1, -0.05) is 12.1 Å². The summed E-state index contributed by atoms with van der Waals surface area (Å²) in [7, 11) is 0. The van der Waals surface area contributed by atoms with E-state index in [0.29, 0.717) is 6.54 Å². The van der Waals surface area contributed by atoms with Crippen LogP contribution in [-0.2, 0) is 4.79 Å². The molecule has 1 amide bonds. The Morgan fingerprint density at radius 3 is 2.78 bits per heavy atom. The van der Waals surface area contributed by atoms with Crippen LogP contribution in [-0.4, -0.2) is 12.5 Å². The summed E-state index contributed by atoms with van der Waals surface area (Å²) in [5.41, 5.74) is 2.91. The van der Waals surface area contributed by atoms with Gasteiger partial charge in [-0.15, -0.1) is 0 Å². The van der Waals surface area contributed by atoms with Gasteiger partial charge in [0.2, 0.25) is 0 Å². The molecule has 0 aromatic heterocycles. The van der Waals surface area contributed by atoms with Gasteiger partial charge in [0, 0.05) is 18.4 Å². The molecule has 0 unspecified atom stereocenters. The smallest absolute Gasteiger partial charge is 0.267 e. The summed E-state index contributed by atoms with van der Waals surface area (Å²) >= 11 is 0. The van der Waals surface area contributed by atoms with E-state index in [0.717, 1.165) is 16.8 Å². The molecule has 0 saturated carbocycles. The molecule has 0 spiro atoms. The summed E-state index contributed by atoms with van der Waals surface area (Å²) in [6.07, 6.45) is 1.43. The number of aryl methyl sites for hydroxylation is 1. The Kier molecular flexibility index (Phi) is 4.94. The zero-order valence-corrected chi connectivity index (χ0v) is 10.9. The lowest BCUT2D eigenvalue weighted by atomic mass is 10.1. The third-order valence-corrected chi connectivity index (χ3v) is 2.67. The van der Waals surface area contributed by atoms with Crippen molar-refractivity contribution in [3.05, 3.63) is 41.1 Å². The van der Waals surface area contributed by atoms with Crippen molar-refractivity contribution in [3.8, 4) is 6.07 Å². The molecule has 2 N–H and O–H groups in total. The molecule has 4 nitrogen and oxygen atoms in total. The van der Waals surface area contributed by atoms with Crippen molar-refractivity contribution in [2.45, 2.75) is 20.8 Å². The lowest BCUT2D eigenvalue weighted by Crippen LogP contribution is -2.17. The second-order valence-electron chi connectivity index (χ2n) is 3.93. The van der Waals surface area contributed by atoms with E-state index in [1.54, 1.807) is 0 Å². The summed E-state index contributed by atoms with van der Waals surface area (Å²) in [6, 6.07) is 7.55. The van der Waals surface area contributed by atoms with Crippen molar-refractivity contribution in [2.24, 2.45) is 0 Å². The quantitative estimate of drug-likeness (QED) is 0.629. The normalized spacial score (nSPS) is 10.7. The highest BCUT2D eigenvalue weighted by atomic mass is 16.1. The molecule has 0 atom stereocenters. The van der Waals surface area contributed by atoms with Crippen LogP contribution in [0.1, 0.15) is 18.1 Å². The minimum atomic E-state index is -0.396. The average molecular weight is 243 g/mol. The number of anilines is 1. The fourth-order valence-electron chi connectivity index (χ4n) is 1.43. The lowest BCUT2D eigenvalue weighted by molar-refractivity contribution is -0.112. The molecule has 0 heterocycles. The van der Waals surface area contributed by atoms with Gasteiger partial charge in [0.1, 0.15) is 11.6 Å². The maximum atomic E-state index is 11.9. The van der Waals surface area contributed by atoms with Gasteiger partial charge in [-0.3, -0.25) is 4.79 Å². The van der Waals surface area contributed by atoms with Gasteiger partial charge >= 0.3 is 0 Å². The molecular weight excluding hydrogens is 226 g/mol. The van der Waals surface area contributed by atoms with E-state index in [-0.39, 0.29) is 5.57 Å². The van der Waals surface area contributed by atoms with Gasteiger partial charge in [-0.05, 0) is 38.0 Å². The highest BCUT2D eigenvalue weighted by Gasteiger charge is 2.10. The molecule has 0 aliphatic rings. The van der Waals surface area contributed by atoms with Crippen LogP contribution in [0.4, 0.5) is 5.69 Å². The number of nitrogens with one attached hydrogen (secondary N) is 2. The number of rotatable bonds is 4. The first-order chi connectivity index (χ1) is 8.60. The number of hydrogen-bond donors (Lipinski definition) is 2. The molecule has 1 rings (SSSR count). The number of amides is 1. The third kappa shape index (κ3) is 3.36. The van der Waals surface area contributed by atoms with E-state index >= 15 is 0 Å². The van der Waals surface area contributed by atoms with Crippen LogP contribution in [0, 0.1) is 25.2 Å². The predicted molar refractivity (Wildman–Crippen MR) is 71.9 cm³/mol. The van der Waals surface area contributed by atoms with Crippen LogP contribution in [0.3, 0.4) is 0 Å². The topological polar surface area (TPSA) is 64.9 Å². The Labute approximate surface area is 107 Å². The fourth-order valence-corrected chi connectivity index (χ4v) is 1.43. The minimum Gasteiger partial charge on any atom is -0.390 e. The van der Waals surface area contributed by atoms with Crippen molar-refractivity contribution in [1.29, 1.82) is 5.26 Å². The Balaban J connectivity index is 2.88. The van der Waals surface area contributed by atoms with Crippen molar-refractivity contribution in [3.63, 3.8) is 0 Å². The van der Waals surface area contributed by atoms with E-state index < -0.39 is 5.91 Å². The summed E-state index contributed by atoms with van der Waals surface area (Å²) in [5.74, 6) is -0.396. The van der Waals surface area contributed by atoms with E-state index in [1.165, 1.54) is 6.20 Å². The van der Waals surface area contributed by atoms with E-state index in [4.69, 9.17) is 5.26 Å². The molecular formula is C14H17N3O. The van der Waals surface area contributed by atoms with Gasteiger partial charge in [0.25, 0.3) is 5.91 Å². The molecule has 0 saturated heterocycles. The molecule has 4 heteroatoms. The first kappa shape index (κ1) is 13.8. The highest BCUT2D eigenvalue weighted by Crippen LogP contribution is 2.18. The van der Waals surface area contributed by atoms with Crippen LogP contribution in [0.2, 0.25) is 0 Å². The second-order valence-corrected chi connectivity index (χ2v) is 3.93. The van der Waals surface area contributed by atoms with Crippen LogP contribution in [0.15, 0.2) is 30.0 Å². The minimum absolute atomic E-state index is 0.0674. The molecule has 0 bridgehead atoms. The molecule has 94 valence electrons. The summed E-state index contributed by atoms with van der Waals surface area (Å²) < 4.78 is 0. The average Bonchev–Trinajstić information content (AvgIpc) is 2.36. The Morgan fingerprint density at radius 1 is 1.44 bits per heavy atom. The molecule has 0 aliphatic carbocycles. The molecule has 0 radical (unpaired) electrons. The van der Waals surface area contributed by atoms with Crippen LogP contribution < -0.4 is 10.6 Å². The summed E-state index contributed by atoms with van der Waals surface area (Å²) in [4.78, 5) is 11.9. The van der Waals surface area contributed by atoms with Crippen LogP contribution in [0.5, 0.6) is 0 Å². The van der Waals surface area contributed by atoms with Gasteiger partial charge in [-0.2, -0.15) is 5.26 Å². The Morgan fingerprint density at radius 2 is 2.17 bits per heavy atom. The number of carbonyl (C=O) groups is 1. The second kappa shape index (κ2) is 6.45. The standard InChI is InChI=1S/C14H17N3O/c1-4-16-9-12(8-15)14(18)17-13-7-5-6-10(2)11(13)3/h5-7,9,16H,4H2,1-3H3,(H,17,18)/b12-9-.